The first kappa shape index (κ1) is 11.0. The number of carbonyl (C=O) groups is 1. The lowest BCUT2D eigenvalue weighted by molar-refractivity contribution is 0.0949. The number of hydrazone groups is 1. The molecule has 0 aromatic carbocycles. The Bertz CT molecular complexity index is 532. The van der Waals surface area contributed by atoms with Crippen molar-refractivity contribution < 1.29 is 4.79 Å². The average Bonchev–Trinajstić information content (AvgIpc) is 2.77. The van der Waals surface area contributed by atoms with Gasteiger partial charge in [-0.25, -0.2) is 5.43 Å². The third-order valence-corrected chi connectivity index (χ3v) is 2.01. The second-order valence-electron chi connectivity index (χ2n) is 3.36. The molecule has 0 aliphatic carbocycles. The van der Waals surface area contributed by atoms with E-state index in [0.717, 1.165) is 5.56 Å². The van der Waals surface area contributed by atoms with Crippen molar-refractivity contribution in [3.63, 3.8) is 0 Å². The van der Waals surface area contributed by atoms with E-state index in [4.69, 9.17) is 0 Å². The van der Waals surface area contributed by atoms with Gasteiger partial charge in [0.1, 0.15) is 0 Å². The normalized spacial score (nSPS) is 10.6. The molecule has 0 spiro atoms. The summed E-state index contributed by atoms with van der Waals surface area (Å²) in [7, 11) is 1.75. The second-order valence-corrected chi connectivity index (χ2v) is 3.36. The number of carbonyl (C=O) groups excluding carboxylic acids is 1. The van der Waals surface area contributed by atoms with Gasteiger partial charge in [0.25, 0.3) is 5.91 Å². The minimum absolute atomic E-state index is 0.329. The summed E-state index contributed by atoms with van der Waals surface area (Å²) in [6, 6.07) is 5.25. The van der Waals surface area contributed by atoms with Gasteiger partial charge in [-0.2, -0.15) is 10.2 Å². The number of aryl methyl sites for hydroxylation is 1. The Morgan fingerprint density at radius 2 is 2.41 bits per heavy atom. The number of pyridine rings is 1. The van der Waals surface area contributed by atoms with Crippen molar-refractivity contribution in [3.05, 3.63) is 48.0 Å². The number of aromatic nitrogens is 3. The van der Waals surface area contributed by atoms with Crippen molar-refractivity contribution in [2.45, 2.75) is 0 Å². The van der Waals surface area contributed by atoms with Crippen molar-refractivity contribution >= 4 is 12.1 Å². The van der Waals surface area contributed by atoms with Gasteiger partial charge in [0, 0.05) is 31.2 Å². The summed E-state index contributed by atoms with van der Waals surface area (Å²) in [4.78, 5) is 15.5. The lowest BCUT2D eigenvalue weighted by Crippen LogP contribution is -2.18. The largest absolute Gasteiger partial charge is 0.291 e. The molecule has 2 rings (SSSR count). The molecule has 0 atom stereocenters. The van der Waals surface area contributed by atoms with Crippen molar-refractivity contribution in [1.82, 2.24) is 20.2 Å². The van der Waals surface area contributed by atoms with Crippen LogP contribution >= 0.6 is 0 Å². The van der Waals surface area contributed by atoms with Crippen LogP contribution in [-0.4, -0.2) is 26.9 Å². The summed E-state index contributed by atoms with van der Waals surface area (Å²) in [5.74, 6) is -0.342. The SMILES string of the molecule is Cn1ccc(C(=O)N/N=C\c2cccnc2)n1. The van der Waals surface area contributed by atoms with E-state index in [9.17, 15) is 4.79 Å². The fourth-order valence-electron chi connectivity index (χ4n) is 1.21. The molecule has 0 aliphatic heterocycles. The van der Waals surface area contributed by atoms with Crippen molar-refractivity contribution in [1.29, 1.82) is 0 Å². The number of hydrogen-bond acceptors (Lipinski definition) is 4. The van der Waals surface area contributed by atoms with E-state index < -0.39 is 0 Å². The molecule has 0 radical (unpaired) electrons. The van der Waals surface area contributed by atoms with E-state index in [1.54, 1.807) is 42.5 Å². The number of hydrogen-bond donors (Lipinski definition) is 1. The smallest absolute Gasteiger partial charge is 0.275 e. The van der Waals surface area contributed by atoms with Crippen LogP contribution in [0.2, 0.25) is 0 Å². The lowest BCUT2D eigenvalue weighted by atomic mass is 10.3. The Hall–Kier alpha value is -2.50. The molecule has 0 fully saturated rings. The zero-order chi connectivity index (χ0) is 12.1. The molecule has 1 amide bonds. The minimum Gasteiger partial charge on any atom is -0.275 e. The quantitative estimate of drug-likeness (QED) is 0.618. The van der Waals surface area contributed by atoms with Crippen LogP contribution in [0.5, 0.6) is 0 Å². The van der Waals surface area contributed by atoms with Gasteiger partial charge in [0.2, 0.25) is 0 Å². The van der Waals surface area contributed by atoms with Gasteiger partial charge in [-0.15, -0.1) is 0 Å². The zero-order valence-electron chi connectivity index (χ0n) is 9.24. The summed E-state index contributed by atoms with van der Waals surface area (Å²) in [5.41, 5.74) is 3.53. The van der Waals surface area contributed by atoms with Crippen molar-refractivity contribution in [2.75, 3.05) is 0 Å². The van der Waals surface area contributed by atoms with Crippen LogP contribution in [0.4, 0.5) is 0 Å². The maximum absolute atomic E-state index is 11.5. The minimum atomic E-state index is -0.342. The Kier molecular flexibility index (Phi) is 3.25. The number of nitrogens with one attached hydrogen (secondary N) is 1. The molecule has 86 valence electrons. The Morgan fingerprint density at radius 1 is 1.53 bits per heavy atom. The summed E-state index contributed by atoms with van der Waals surface area (Å²) in [6.45, 7) is 0. The third kappa shape index (κ3) is 2.97. The summed E-state index contributed by atoms with van der Waals surface area (Å²) < 4.78 is 1.56. The molecule has 17 heavy (non-hydrogen) atoms. The summed E-state index contributed by atoms with van der Waals surface area (Å²) >= 11 is 0. The van der Waals surface area contributed by atoms with E-state index >= 15 is 0 Å². The summed E-state index contributed by atoms with van der Waals surface area (Å²) in [6.07, 6.45) is 6.54. The first-order chi connectivity index (χ1) is 8.25. The highest BCUT2D eigenvalue weighted by atomic mass is 16.2. The standard InChI is InChI=1S/C11H11N5O/c1-16-6-4-10(15-16)11(17)14-13-8-9-3-2-5-12-7-9/h2-8H,1H3,(H,14,17)/b13-8-. The highest BCUT2D eigenvalue weighted by molar-refractivity contribution is 5.92. The highest BCUT2D eigenvalue weighted by Crippen LogP contribution is 1.94. The molecule has 0 bridgehead atoms. The zero-order valence-corrected chi connectivity index (χ0v) is 9.24. The van der Waals surface area contributed by atoms with Crippen LogP contribution in [0, 0.1) is 0 Å². The third-order valence-electron chi connectivity index (χ3n) is 2.01. The topological polar surface area (TPSA) is 72.2 Å². The molecule has 0 saturated heterocycles. The first-order valence-electron chi connectivity index (χ1n) is 4.99. The Morgan fingerprint density at radius 3 is 3.06 bits per heavy atom. The van der Waals surface area contributed by atoms with E-state index in [1.807, 2.05) is 6.07 Å². The maximum Gasteiger partial charge on any atom is 0.291 e. The van der Waals surface area contributed by atoms with E-state index in [2.05, 4.69) is 20.6 Å². The lowest BCUT2D eigenvalue weighted by Gasteiger charge is -1.95. The molecule has 2 aromatic heterocycles. The van der Waals surface area contributed by atoms with E-state index in [-0.39, 0.29) is 5.91 Å². The number of nitrogens with zero attached hydrogens (tertiary/aromatic N) is 4. The van der Waals surface area contributed by atoms with Crippen LogP contribution in [0.3, 0.4) is 0 Å². The molecule has 0 saturated carbocycles. The molecule has 6 nitrogen and oxygen atoms in total. The molecule has 2 heterocycles. The fourth-order valence-corrected chi connectivity index (χ4v) is 1.21. The van der Waals surface area contributed by atoms with Crippen molar-refractivity contribution in [3.8, 4) is 0 Å². The predicted octanol–water partition coefficient (Wildman–Crippen LogP) is 0.579. The van der Waals surface area contributed by atoms with Gasteiger partial charge < -0.3 is 0 Å². The molecule has 0 aliphatic rings. The van der Waals surface area contributed by atoms with E-state index in [1.165, 1.54) is 6.21 Å². The monoisotopic (exact) mass is 229 g/mol. The Labute approximate surface area is 98.0 Å². The highest BCUT2D eigenvalue weighted by Gasteiger charge is 2.06. The van der Waals surface area contributed by atoms with Crippen LogP contribution < -0.4 is 5.43 Å². The second kappa shape index (κ2) is 5.02. The van der Waals surface area contributed by atoms with Crippen LogP contribution in [0.1, 0.15) is 16.1 Å². The van der Waals surface area contributed by atoms with Crippen LogP contribution in [-0.2, 0) is 7.05 Å². The van der Waals surface area contributed by atoms with Gasteiger partial charge in [-0.05, 0) is 12.1 Å². The van der Waals surface area contributed by atoms with E-state index in [0.29, 0.717) is 5.69 Å². The molecule has 6 heteroatoms. The maximum atomic E-state index is 11.5. The Balaban J connectivity index is 1.95. The molecular formula is C11H11N5O. The number of amides is 1. The van der Waals surface area contributed by atoms with Crippen LogP contribution in [0.25, 0.3) is 0 Å². The van der Waals surface area contributed by atoms with Crippen molar-refractivity contribution in [2.24, 2.45) is 12.1 Å². The van der Waals surface area contributed by atoms with Gasteiger partial charge in [-0.3, -0.25) is 14.5 Å². The van der Waals surface area contributed by atoms with Gasteiger partial charge in [0.15, 0.2) is 5.69 Å². The number of rotatable bonds is 3. The molecule has 0 unspecified atom stereocenters. The van der Waals surface area contributed by atoms with Gasteiger partial charge >= 0.3 is 0 Å². The summed E-state index contributed by atoms with van der Waals surface area (Å²) in [5, 5.41) is 7.77. The van der Waals surface area contributed by atoms with Gasteiger partial charge in [-0.1, -0.05) is 6.07 Å². The molecule has 1 N–H and O–H groups in total. The predicted molar refractivity (Wildman–Crippen MR) is 62.5 cm³/mol. The van der Waals surface area contributed by atoms with Gasteiger partial charge in [0.05, 0.1) is 6.21 Å². The molecule has 2 aromatic rings. The first-order valence-corrected chi connectivity index (χ1v) is 4.99. The molecular weight excluding hydrogens is 218 g/mol. The average molecular weight is 229 g/mol. The van der Waals surface area contributed by atoms with Crippen LogP contribution in [0.15, 0.2) is 41.9 Å². The fraction of sp³-hybridized carbons (Fsp3) is 0.0909.